The van der Waals surface area contributed by atoms with Gasteiger partial charge in [0.1, 0.15) is 0 Å². The van der Waals surface area contributed by atoms with Crippen LogP contribution in [-0.2, 0) is 4.74 Å². The Labute approximate surface area is 94.8 Å². The Balaban J connectivity index is 2.18. The Morgan fingerprint density at radius 1 is 1.50 bits per heavy atom. The van der Waals surface area contributed by atoms with Gasteiger partial charge in [0, 0.05) is 23.9 Å². The van der Waals surface area contributed by atoms with Crippen molar-refractivity contribution in [3.63, 3.8) is 0 Å². The predicted octanol–water partition coefficient (Wildman–Crippen LogP) is 1.32. The molecule has 4 nitrogen and oxygen atoms in total. The molecule has 2 N–H and O–H groups in total. The monoisotopic (exact) mass is 220 g/mol. The van der Waals surface area contributed by atoms with E-state index in [2.05, 4.69) is 23.6 Å². The molecule has 0 radical (unpaired) electrons. The number of rotatable bonds is 2. The Morgan fingerprint density at radius 2 is 2.12 bits per heavy atom. The molecule has 0 saturated heterocycles. The van der Waals surface area contributed by atoms with Gasteiger partial charge in [-0.2, -0.15) is 0 Å². The summed E-state index contributed by atoms with van der Waals surface area (Å²) >= 11 is 0. The number of pyridine rings is 1. The van der Waals surface area contributed by atoms with Crippen LogP contribution in [0.3, 0.4) is 0 Å². The zero-order valence-electron chi connectivity index (χ0n) is 9.73. The van der Waals surface area contributed by atoms with Crippen molar-refractivity contribution in [1.82, 2.24) is 4.98 Å². The fourth-order valence-electron chi connectivity index (χ4n) is 2.07. The van der Waals surface area contributed by atoms with Gasteiger partial charge in [-0.05, 0) is 17.5 Å². The Bertz CT molecular complexity index is 412. The summed E-state index contributed by atoms with van der Waals surface area (Å²) in [7, 11) is 1.36. The van der Waals surface area contributed by atoms with Crippen molar-refractivity contribution in [1.29, 1.82) is 0 Å². The number of hydrogen-bond acceptors (Lipinski definition) is 4. The van der Waals surface area contributed by atoms with Gasteiger partial charge in [-0.15, -0.1) is 0 Å². The molecule has 0 bridgehead atoms. The summed E-state index contributed by atoms with van der Waals surface area (Å²) in [6.07, 6.45) is 1.54. The predicted molar refractivity (Wildman–Crippen MR) is 60.1 cm³/mol. The Hall–Kier alpha value is -1.42. The number of ether oxygens (including phenoxy) is 1. The van der Waals surface area contributed by atoms with Gasteiger partial charge in [0.25, 0.3) is 0 Å². The first kappa shape index (κ1) is 11.1. The number of esters is 1. The van der Waals surface area contributed by atoms with Crippen molar-refractivity contribution in [2.24, 2.45) is 11.1 Å². The normalized spacial score (nSPS) is 26.2. The van der Waals surface area contributed by atoms with Crippen LogP contribution < -0.4 is 5.73 Å². The number of nitrogens with zero attached hydrogens (tertiary/aromatic N) is 1. The molecule has 0 unspecified atom stereocenters. The van der Waals surface area contributed by atoms with Crippen molar-refractivity contribution in [2.45, 2.75) is 25.8 Å². The topological polar surface area (TPSA) is 65.2 Å². The average Bonchev–Trinajstić information content (AvgIpc) is 2.77. The second-order valence-corrected chi connectivity index (χ2v) is 4.79. The van der Waals surface area contributed by atoms with E-state index < -0.39 is 0 Å². The summed E-state index contributed by atoms with van der Waals surface area (Å²) in [4.78, 5) is 15.5. The minimum atomic E-state index is -0.363. The second kappa shape index (κ2) is 3.56. The van der Waals surface area contributed by atoms with Gasteiger partial charge in [0.2, 0.25) is 0 Å². The molecule has 1 aromatic heterocycles. The van der Waals surface area contributed by atoms with Crippen molar-refractivity contribution >= 4 is 5.97 Å². The molecule has 16 heavy (non-hydrogen) atoms. The van der Waals surface area contributed by atoms with Gasteiger partial charge in [-0.25, -0.2) is 4.79 Å². The third-order valence-corrected chi connectivity index (χ3v) is 3.44. The van der Waals surface area contributed by atoms with Crippen molar-refractivity contribution < 1.29 is 9.53 Å². The molecule has 0 amide bonds. The highest BCUT2D eigenvalue weighted by atomic mass is 16.5. The lowest BCUT2D eigenvalue weighted by atomic mass is 10.1. The van der Waals surface area contributed by atoms with Crippen molar-refractivity contribution in [2.75, 3.05) is 7.11 Å². The number of methoxy groups -OCH3 is 1. The van der Waals surface area contributed by atoms with Crippen LogP contribution >= 0.6 is 0 Å². The molecule has 1 aliphatic rings. The minimum absolute atomic E-state index is 0.111. The fourth-order valence-corrected chi connectivity index (χ4v) is 2.07. The highest BCUT2D eigenvalue weighted by Gasteiger charge is 2.56. The van der Waals surface area contributed by atoms with Gasteiger partial charge in [0.05, 0.1) is 12.7 Å². The summed E-state index contributed by atoms with van der Waals surface area (Å²) < 4.78 is 4.61. The van der Waals surface area contributed by atoms with Crippen LogP contribution in [0.5, 0.6) is 0 Å². The molecule has 1 fully saturated rings. The van der Waals surface area contributed by atoms with Crippen LogP contribution in [-0.4, -0.2) is 24.1 Å². The second-order valence-electron chi connectivity index (χ2n) is 4.79. The molecule has 1 heterocycles. The maximum Gasteiger partial charge on any atom is 0.339 e. The number of aromatic nitrogens is 1. The molecule has 0 aliphatic heterocycles. The summed E-state index contributed by atoms with van der Waals surface area (Å²) in [5.41, 5.74) is 7.50. The molecule has 0 spiro atoms. The third-order valence-electron chi connectivity index (χ3n) is 3.44. The van der Waals surface area contributed by atoms with Crippen molar-refractivity contribution in [3.8, 4) is 0 Å². The van der Waals surface area contributed by atoms with E-state index in [9.17, 15) is 4.79 Å². The third kappa shape index (κ3) is 1.59. The maximum atomic E-state index is 11.2. The van der Waals surface area contributed by atoms with Crippen LogP contribution in [0.15, 0.2) is 18.3 Å². The first-order chi connectivity index (χ1) is 7.48. The van der Waals surface area contributed by atoms with Crippen LogP contribution in [0.4, 0.5) is 0 Å². The van der Waals surface area contributed by atoms with E-state index in [0.717, 1.165) is 5.69 Å². The molecular weight excluding hydrogens is 204 g/mol. The highest BCUT2D eigenvalue weighted by molar-refractivity contribution is 5.88. The Morgan fingerprint density at radius 3 is 2.50 bits per heavy atom. The van der Waals surface area contributed by atoms with Gasteiger partial charge >= 0.3 is 5.97 Å². The van der Waals surface area contributed by atoms with E-state index in [-0.39, 0.29) is 17.4 Å². The number of nitrogens with two attached hydrogens (primary N) is 1. The smallest absolute Gasteiger partial charge is 0.339 e. The largest absolute Gasteiger partial charge is 0.465 e. The van der Waals surface area contributed by atoms with E-state index >= 15 is 0 Å². The molecular formula is C12H16N2O2. The quantitative estimate of drug-likeness (QED) is 0.763. The standard InChI is InChI=1S/C12H16N2O2/c1-12(2)9(10(12)13)8-5-4-7(6-14-8)11(15)16-3/h4-6,9-10H,13H2,1-3H3/t9-,10-/m0/s1. The van der Waals surface area contributed by atoms with E-state index in [1.165, 1.54) is 7.11 Å². The van der Waals surface area contributed by atoms with Crippen LogP contribution in [0, 0.1) is 5.41 Å². The molecule has 2 atom stereocenters. The first-order valence-corrected chi connectivity index (χ1v) is 5.28. The lowest BCUT2D eigenvalue weighted by Gasteiger charge is -2.03. The number of hydrogen-bond donors (Lipinski definition) is 1. The fraction of sp³-hybridized carbons (Fsp3) is 0.500. The highest BCUT2D eigenvalue weighted by Crippen LogP contribution is 2.56. The molecule has 1 saturated carbocycles. The number of carbonyl (C=O) groups excluding carboxylic acids is 1. The number of carbonyl (C=O) groups is 1. The molecule has 0 aromatic carbocycles. The molecule has 4 heteroatoms. The van der Waals surface area contributed by atoms with Crippen LogP contribution in [0.2, 0.25) is 0 Å². The zero-order valence-corrected chi connectivity index (χ0v) is 9.73. The molecule has 2 rings (SSSR count). The lowest BCUT2D eigenvalue weighted by molar-refractivity contribution is 0.0600. The Kier molecular flexibility index (Phi) is 2.46. The summed E-state index contributed by atoms with van der Waals surface area (Å²) in [6.45, 7) is 4.25. The van der Waals surface area contributed by atoms with Gasteiger partial charge in [-0.1, -0.05) is 13.8 Å². The van der Waals surface area contributed by atoms with Crippen LogP contribution in [0.1, 0.15) is 35.8 Å². The average molecular weight is 220 g/mol. The molecule has 1 aliphatic carbocycles. The summed E-state index contributed by atoms with van der Waals surface area (Å²) in [6, 6.07) is 3.74. The van der Waals surface area contributed by atoms with E-state index in [1.807, 2.05) is 6.07 Å². The summed E-state index contributed by atoms with van der Waals surface area (Å²) in [5, 5.41) is 0. The van der Waals surface area contributed by atoms with E-state index in [4.69, 9.17) is 5.73 Å². The zero-order chi connectivity index (χ0) is 11.9. The first-order valence-electron chi connectivity index (χ1n) is 5.28. The van der Waals surface area contributed by atoms with Gasteiger partial charge < -0.3 is 10.5 Å². The van der Waals surface area contributed by atoms with Crippen LogP contribution in [0.25, 0.3) is 0 Å². The lowest BCUT2D eigenvalue weighted by Crippen LogP contribution is -2.06. The minimum Gasteiger partial charge on any atom is -0.465 e. The SMILES string of the molecule is COC(=O)c1ccc([C@H]2[C@H](N)C2(C)C)nc1. The van der Waals surface area contributed by atoms with Crippen molar-refractivity contribution in [3.05, 3.63) is 29.6 Å². The maximum absolute atomic E-state index is 11.2. The van der Waals surface area contributed by atoms with Gasteiger partial charge in [-0.3, -0.25) is 4.98 Å². The van der Waals surface area contributed by atoms with E-state index in [1.54, 1.807) is 12.3 Å². The van der Waals surface area contributed by atoms with Gasteiger partial charge in [0.15, 0.2) is 0 Å². The van der Waals surface area contributed by atoms with E-state index in [0.29, 0.717) is 11.5 Å². The summed E-state index contributed by atoms with van der Waals surface area (Å²) in [5.74, 6) is -0.0717. The molecule has 86 valence electrons. The molecule has 1 aromatic rings.